The Morgan fingerprint density at radius 3 is 2.94 bits per heavy atom. The molecular formula is C11H9BrN4O2. The molecule has 0 bridgehead atoms. The van der Waals surface area contributed by atoms with Gasteiger partial charge in [-0.3, -0.25) is 4.57 Å². The highest BCUT2D eigenvalue weighted by Crippen LogP contribution is 2.28. The van der Waals surface area contributed by atoms with E-state index in [2.05, 4.69) is 25.9 Å². The standard InChI is InChI=1S/C11H9BrN4O2/c1-16-6-4-5(2-3-7(6)18-11(16)17)8-9(12)15-10(13)14-8/h2-4H,1H3,(H3,13,14,15). The zero-order valence-electron chi connectivity index (χ0n) is 9.40. The smallest absolute Gasteiger partial charge is 0.408 e. The van der Waals surface area contributed by atoms with E-state index in [0.29, 0.717) is 27.3 Å². The number of aromatic nitrogens is 3. The van der Waals surface area contributed by atoms with Crippen LogP contribution in [0.2, 0.25) is 0 Å². The van der Waals surface area contributed by atoms with Gasteiger partial charge in [-0.15, -0.1) is 0 Å². The number of aromatic amines is 1. The molecule has 0 aliphatic carbocycles. The largest absolute Gasteiger partial charge is 0.419 e. The number of nitrogen functional groups attached to an aromatic ring is 1. The molecule has 0 atom stereocenters. The van der Waals surface area contributed by atoms with E-state index in [1.807, 2.05) is 12.1 Å². The van der Waals surface area contributed by atoms with Crippen LogP contribution in [0, 0.1) is 0 Å². The molecule has 3 aromatic rings. The van der Waals surface area contributed by atoms with Crippen molar-refractivity contribution < 1.29 is 4.42 Å². The van der Waals surface area contributed by atoms with Gasteiger partial charge in [0.2, 0.25) is 0 Å². The molecule has 0 fully saturated rings. The Bertz CT molecular complexity index is 799. The average molecular weight is 309 g/mol. The number of H-pyrrole nitrogens is 1. The molecule has 0 aliphatic rings. The van der Waals surface area contributed by atoms with Crippen molar-refractivity contribution in [2.75, 3.05) is 5.73 Å². The maximum atomic E-state index is 11.4. The van der Waals surface area contributed by atoms with Crippen LogP contribution in [0.25, 0.3) is 22.4 Å². The average Bonchev–Trinajstić information content (AvgIpc) is 2.80. The van der Waals surface area contributed by atoms with E-state index >= 15 is 0 Å². The first-order valence-electron chi connectivity index (χ1n) is 5.17. The summed E-state index contributed by atoms with van der Waals surface area (Å²) in [6.07, 6.45) is 0. The summed E-state index contributed by atoms with van der Waals surface area (Å²) >= 11 is 3.35. The third kappa shape index (κ3) is 1.55. The summed E-state index contributed by atoms with van der Waals surface area (Å²) in [6.45, 7) is 0. The van der Waals surface area contributed by atoms with Crippen LogP contribution < -0.4 is 11.5 Å². The number of fused-ring (bicyclic) bond motifs is 1. The molecule has 3 N–H and O–H groups in total. The predicted molar refractivity (Wildman–Crippen MR) is 71.1 cm³/mol. The van der Waals surface area contributed by atoms with Crippen molar-refractivity contribution >= 4 is 33.0 Å². The Balaban J connectivity index is 2.28. The highest BCUT2D eigenvalue weighted by molar-refractivity contribution is 9.10. The van der Waals surface area contributed by atoms with Gasteiger partial charge < -0.3 is 15.1 Å². The maximum absolute atomic E-state index is 11.4. The number of hydrogen-bond acceptors (Lipinski definition) is 4. The molecule has 7 heteroatoms. The molecule has 2 heterocycles. The molecule has 0 unspecified atom stereocenters. The molecule has 0 amide bonds. The third-order valence-corrected chi connectivity index (χ3v) is 3.32. The van der Waals surface area contributed by atoms with E-state index in [1.165, 1.54) is 4.57 Å². The van der Waals surface area contributed by atoms with Crippen molar-refractivity contribution in [1.29, 1.82) is 0 Å². The van der Waals surface area contributed by atoms with Crippen molar-refractivity contribution in [2.24, 2.45) is 7.05 Å². The van der Waals surface area contributed by atoms with Crippen LogP contribution >= 0.6 is 15.9 Å². The van der Waals surface area contributed by atoms with Crippen molar-refractivity contribution in [3.8, 4) is 11.3 Å². The first kappa shape index (κ1) is 11.1. The molecule has 18 heavy (non-hydrogen) atoms. The van der Waals surface area contributed by atoms with Crippen molar-refractivity contribution in [3.63, 3.8) is 0 Å². The summed E-state index contributed by atoms with van der Waals surface area (Å²) in [6, 6.07) is 5.40. The summed E-state index contributed by atoms with van der Waals surface area (Å²) in [7, 11) is 1.66. The Labute approximate surface area is 110 Å². The molecule has 0 radical (unpaired) electrons. The SMILES string of the molecule is Cn1c(=O)oc2ccc(-c3nc(N)[nH]c3Br)cc21. The van der Waals surface area contributed by atoms with Crippen molar-refractivity contribution in [2.45, 2.75) is 0 Å². The van der Waals surface area contributed by atoms with Crippen LogP contribution in [-0.2, 0) is 7.05 Å². The topological polar surface area (TPSA) is 89.8 Å². The summed E-state index contributed by atoms with van der Waals surface area (Å²) < 4.78 is 7.22. The van der Waals surface area contributed by atoms with Gasteiger partial charge in [-0.05, 0) is 34.1 Å². The minimum Gasteiger partial charge on any atom is -0.408 e. The van der Waals surface area contributed by atoms with Gasteiger partial charge in [0.15, 0.2) is 11.5 Å². The first-order valence-corrected chi connectivity index (χ1v) is 5.96. The number of imidazole rings is 1. The molecule has 0 spiro atoms. The quantitative estimate of drug-likeness (QED) is 0.718. The number of anilines is 1. The number of halogens is 1. The zero-order chi connectivity index (χ0) is 12.9. The number of benzene rings is 1. The van der Waals surface area contributed by atoms with Crippen LogP contribution in [0.4, 0.5) is 5.95 Å². The van der Waals surface area contributed by atoms with Crippen molar-refractivity contribution in [1.82, 2.24) is 14.5 Å². The van der Waals surface area contributed by atoms with Gasteiger partial charge in [-0.2, -0.15) is 0 Å². The highest BCUT2D eigenvalue weighted by atomic mass is 79.9. The lowest BCUT2D eigenvalue weighted by Gasteiger charge is -1.98. The minimum absolute atomic E-state index is 0.332. The Kier molecular flexibility index (Phi) is 2.30. The summed E-state index contributed by atoms with van der Waals surface area (Å²) in [5.74, 6) is -0.0548. The Hall–Kier alpha value is -2.02. The number of aryl methyl sites for hydroxylation is 1. The predicted octanol–water partition coefficient (Wildman–Crippen LogP) is 1.87. The lowest BCUT2D eigenvalue weighted by Crippen LogP contribution is -2.08. The monoisotopic (exact) mass is 308 g/mol. The molecule has 92 valence electrons. The van der Waals surface area contributed by atoms with Crippen LogP contribution in [0.5, 0.6) is 0 Å². The molecule has 6 nitrogen and oxygen atoms in total. The lowest BCUT2D eigenvalue weighted by molar-refractivity contribution is 0.528. The molecule has 3 rings (SSSR count). The molecule has 1 aromatic carbocycles. The fourth-order valence-corrected chi connectivity index (χ4v) is 2.36. The van der Waals surface area contributed by atoms with Crippen LogP contribution in [-0.4, -0.2) is 14.5 Å². The second-order valence-electron chi connectivity index (χ2n) is 3.89. The summed E-state index contributed by atoms with van der Waals surface area (Å²) in [4.78, 5) is 18.4. The number of nitrogens with two attached hydrogens (primary N) is 1. The van der Waals surface area contributed by atoms with Gasteiger partial charge in [0.25, 0.3) is 0 Å². The lowest BCUT2D eigenvalue weighted by atomic mass is 10.1. The van der Waals surface area contributed by atoms with Gasteiger partial charge >= 0.3 is 5.76 Å². The summed E-state index contributed by atoms with van der Waals surface area (Å²) in [5, 5.41) is 0. The van der Waals surface area contributed by atoms with Crippen molar-refractivity contribution in [3.05, 3.63) is 33.4 Å². The van der Waals surface area contributed by atoms with Gasteiger partial charge in [0.05, 0.1) is 5.52 Å². The maximum Gasteiger partial charge on any atom is 0.419 e. The second kappa shape index (κ2) is 3.74. The van der Waals surface area contributed by atoms with E-state index in [9.17, 15) is 4.79 Å². The van der Waals surface area contributed by atoms with Crippen LogP contribution in [0.1, 0.15) is 0 Å². The van der Waals surface area contributed by atoms with Gasteiger partial charge in [0, 0.05) is 12.6 Å². The highest BCUT2D eigenvalue weighted by Gasteiger charge is 2.12. The van der Waals surface area contributed by atoms with Gasteiger partial charge in [-0.25, -0.2) is 9.78 Å². The second-order valence-corrected chi connectivity index (χ2v) is 4.69. The first-order chi connectivity index (χ1) is 8.56. The Morgan fingerprint density at radius 1 is 1.50 bits per heavy atom. The fourth-order valence-electron chi connectivity index (χ4n) is 1.83. The summed E-state index contributed by atoms with van der Waals surface area (Å²) in [5.41, 5.74) is 8.40. The number of nitrogens with zero attached hydrogens (tertiary/aromatic N) is 2. The number of rotatable bonds is 1. The number of hydrogen-bond donors (Lipinski definition) is 2. The molecular weight excluding hydrogens is 300 g/mol. The number of nitrogens with one attached hydrogen (secondary N) is 1. The van der Waals surface area contributed by atoms with E-state index < -0.39 is 0 Å². The zero-order valence-corrected chi connectivity index (χ0v) is 11.0. The normalized spacial score (nSPS) is 11.2. The minimum atomic E-state index is -0.386. The van der Waals surface area contributed by atoms with Crippen LogP contribution in [0.3, 0.4) is 0 Å². The van der Waals surface area contributed by atoms with E-state index in [0.717, 1.165) is 5.56 Å². The van der Waals surface area contributed by atoms with E-state index in [4.69, 9.17) is 10.2 Å². The fraction of sp³-hybridized carbons (Fsp3) is 0.0909. The molecule has 0 saturated heterocycles. The number of oxazole rings is 1. The van der Waals surface area contributed by atoms with Crippen LogP contribution in [0.15, 0.2) is 32.0 Å². The molecule has 2 aromatic heterocycles. The molecule has 0 aliphatic heterocycles. The van der Waals surface area contributed by atoms with Gasteiger partial charge in [-0.1, -0.05) is 0 Å². The van der Waals surface area contributed by atoms with E-state index in [1.54, 1.807) is 13.1 Å². The Morgan fingerprint density at radius 2 is 2.28 bits per heavy atom. The van der Waals surface area contributed by atoms with Gasteiger partial charge in [0.1, 0.15) is 10.3 Å². The third-order valence-electron chi connectivity index (χ3n) is 2.74. The molecule has 0 saturated carbocycles. The van der Waals surface area contributed by atoms with E-state index in [-0.39, 0.29) is 5.76 Å².